The van der Waals surface area contributed by atoms with Crippen LogP contribution in [0.5, 0.6) is 0 Å². The molecule has 27 heavy (non-hydrogen) atoms. The number of nitrogens with one attached hydrogen (secondary N) is 4. The van der Waals surface area contributed by atoms with E-state index >= 15 is 0 Å². The maximum atomic E-state index is 12.1. The van der Waals surface area contributed by atoms with E-state index in [9.17, 15) is 9.59 Å². The summed E-state index contributed by atoms with van der Waals surface area (Å²) in [5.74, 6) is 1.07. The highest BCUT2D eigenvalue weighted by Crippen LogP contribution is 2.10. The Balaban J connectivity index is 1.74. The summed E-state index contributed by atoms with van der Waals surface area (Å²) in [4.78, 5) is 32.4. The van der Waals surface area contributed by atoms with Crippen LogP contribution in [-0.4, -0.2) is 34.6 Å². The molecule has 0 bridgehead atoms. The summed E-state index contributed by atoms with van der Waals surface area (Å²) in [6.07, 6.45) is 4.62. The molecule has 2 aromatic heterocycles. The molecule has 1 atom stereocenters. The van der Waals surface area contributed by atoms with Crippen molar-refractivity contribution in [3.05, 3.63) is 47.8 Å². The number of carbonyl (C=O) groups is 2. The predicted molar refractivity (Wildman–Crippen MR) is 106 cm³/mol. The van der Waals surface area contributed by atoms with Crippen molar-refractivity contribution in [3.8, 4) is 0 Å². The molecule has 0 saturated heterocycles. The largest absolute Gasteiger partial charge is 0.338 e. The lowest BCUT2D eigenvalue weighted by atomic mass is 10.1. The van der Waals surface area contributed by atoms with E-state index < -0.39 is 0 Å². The average Bonchev–Trinajstić information content (AvgIpc) is 2.64. The second-order valence-electron chi connectivity index (χ2n) is 6.21. The lowest BCUT2D eigenvalue weighted by Crippen LogP contribution is -2.40. The summed E-state index contributed by atoms with van der Waals surface area (Å²) in [6.45, 7) is 6.17. The van der Waals surface area contributed by atoms with E-state index in [-0.39, 0.29) is 18.1 Å². The Morgan fingerprint density at radius 1 is 0.963 bits per heavy atom. The number of carbonyl (C=O) groups excluding carboxylic acids is 2. The van der Waals surface area contributed by atoms with E-state index in [2.05, 4.69) is 31.2 Å². The van der Waals surface area contributed by atoms with E-state index in [4.69, 9.17) is 0 Å². The number of nitrogens with zero attached hydrogens (tertiary/aromatic N) is 2. The maximum Gasteiger partial charge on any atom is 0.320 e. The van der Waals surface area contributed by atoms with Crippen molar-refractivity contribution in [2.24, 2.45) is 0 Å². The number of hydrogen-bond acceptors (Lipinski definition) is 4. The van der Waals surface area contributed by atoms with Crippen LogP contribution < -0.4 is 21.3 Å². The van der Waals surface area contributed by atoms with Gasteiger partial charge in [0.05, 0.1) is 0 Å². The third-order valence-electron chi connectivity index (χ3n) is 4.09. The first kappa shape index (κ1) is 20.2. The van der Waals surface area contributed by atoms with Crippen molar-refractivity contribution in [2.75, 3.05) is 17.2 Å². The lowest BCUT2D eigenvalue weighted by Gasteiger charge is -2.18. The zero-order valence-corrected chi connectivity index (χ0v) is 15.9. The molecule has 0 aromatic carbocycles. The quantitative estimate of drug-likeness (QED) is 0.600. The average molecular weight is 370 g/mol. The van der Waals surface area contributed by atoms with Crippen LogP contribution in [0.2, 0.25) is 0 Å². The van der Waals surface area contributed by atoms with Crippen molar-refractivity contribution in [1.82, 2.24) is 20.6 Å². The first-order valence-corrected chi connectivity index (χ1v) is 8.95. The Morgan fingerprint density at radius 2 is 1.52 bits per heavy atom. The zero-order chi connectivity index (χ0) is 19.6. The van der Waals surface area contributed by atoms with E-state index in [0.717, 1.165) is 17.5 Å². The second-order valence-corrected chi connectivity index (χ2v) is 6.21. The van der Waals surface area contributed by atoms with Gasteiger partial charge >= 0.3 is 12.1 Å². The lowest BCUT2D eigenvalue weighted by molar-refractivity contribution is 0.246. The Kier molecular flexibility index (Phi) is 7.54. The van der Waals surface area contributed by atoms with Crippen LogP contribution in [0.3, 0.4) is 0 Å². The third-order valence-corrected chi connectivity index (χ3v) is 4.09. The molecule has 0 aliphatic heterocycles. The molecule has 4 amide bonds. The molecule has 0 aliphatic rings. The summed E-state index contributed by atoms with van der Waals surface area (Å²) < 4.78 is 0. The van der Waals surface area contributed by atoms with Crippen LogP contribution >= 0.6 is 0 Å². The first-order chi connectivity index (χ1) is 13.0. The Morgan fingerprint density at radius 3 is 2.04 bits per heavy atom. The number of hydrogen-bond donors (Lipinski definition) is 4. The standard InChI is InChI=1S/C19H26N6O2/c1-4-15(23-19(27)25-17-14(3)8-6-11-21-17)9-12-22-18(26)24-16-13(2)7-5-10-20-16/h5-8,10-11,15H,4,9,12H2,1-3H3,(H2,20,22,24,26)(H2,21,23,25,27). The van der Waals surface area contributed by atoms with Crippen LogP contribution in [0.15, 0.2) is 36.7 Å². The molecule has 0 aliphatic carbocycles. The highest BCUT2D eigenvalue weighted by atomic mass is 16.2. The predicted octanol–water partition coefficient (Wildman–Crippen LogP) is 3.21. The molecule has 0 spiro atoms. The SMILES string of the molecule is CCC(CCNC(=O)Nc1ncccc1C)NC(=O)Nc1ncccc1C. The highest BCUT2D eigenvalue weighted by Gasteiger charge is 2.12. The van der Waals surface area contributed by atoms with Crippen molar-refractivity contribution >= 4 is 23.7 Å². The molecule has 0 fully saturated rings. The molecule has 4 N–H and O–H groups in total. The smallest absolute Gasteiger partial charge is 0.320 e. The molecule has 2 aromatic rings. The Bertz CT molecular complexity index is 780. The Labute approximate surface area is 159 Å². The van der Waals surface area contributed by atoms with Crippen molar-refractivity contribution in [3.63, 3.8) is 0 Å². The molecule has 0 saturated carbocycles. The van der Waals surface area contributed by atoms with Gasteiger partial charge in [-0.25, -0.2) is 19.6 Å². The van der Waals surface area contributed by atoms with E-state index in [1.165, 1.54) is 0 Å². The molecule has 1 unspecified atom stereocenters. The van der Waals surface area contributed by atoms with Gasteiger partial charge in [0.2, 0.25) is 0 Å². The molecule has 8 nitrogen and oxygen atoms in total. The summed E-state index contributed by atoms with van der Waals surface area (Å²) in [5.41, 5.74) is 1.78. The van der Waals surface area contributed by atoms with Crippen molar-refractivity contribution in [1.29, 1.82) is 0 Å². The molecular weight excluding hydrogens is 344 g/mol. The van der Waals surface area contributed by atoms with Gasteiger partial charge in [0.15, 0.2) is 0 Å². The van der Waals surface area contributed by atoms with Crippen LogP contribution in [-0.2, 0) is 0 Å². The number of pyridine rings is 2. The number of aromatic nitrogens is 2. The molecular formula is C19H26N6O2. The molecule has 2 rings (SSSR count). The fraction of sp³-hybridized carbons (Fsp3) is 0.368. The fourth-order valence-corrected chi connectivity index (χ4v) is 2.45. The summed E-state index contributed by atoms with van der Waals surface area (Å²) in [6, 6.07) is 6.69. The van der Waals surface area contributed by atoms with Gasteiger partial charge in [0, 0.05) is 25.0 Å². The van der Waals surface area contributed by atoms with Crippen LogP contribution in [0.1, 0.15) is 30.9 Å². The van der Waals surface area contributed by atoms with Gasteiger partial charge in [0.1, 0.15) is 11.6 Å². The van der Waals surface area contributed by atoms with E-state index in [1.807, 2.05) is 45.0 Å². The summed E-state index contributed by atoms with van der Waals surface area (Å²) in [5, 5.41) is 11.1. The number of urea groups is 2. The minimum absolute atomic E-state index is 0.0640. The Hall–Kier alpha value is -3.16. The first-order valence-electron chi connectivity index (χ1n) is 8.95. The van der Waals surface area contributed by atoms with Crippen molar-refractivity contribution < 1.29 is 9.59 Å². The van der Waals surface area contributed by atoms with Crippen LogP contribution in [0.25, 0.3) is 0 Å². The number of amides is 4. The third kappa shape index (κ3) is 6.58. The number of rotatable bonds is 7. The van der Waals surface area contributed by atoms with E-state index in [0.29, 0.717) is 24.6 Å². The summed E-state index contributed by atoms with van der Waals surface area (Å²) in [7, 11) is 0. The van der Waals surface area contributed by atoms with Crippen LogP contribution in [0.4, 0.5) is 21.2 Å². The van der Waals surface area contributed by atoms with Crippen LogP contribution in [0, 0.1) is 13.8 Å². The van der Waals surface area contributed by atoms with Gasteiger partial charge in [-0.2, -0.15) is 0 Å². The molecule has 2 heterocycles. The van der Waals surface area contributed by atoms with Gasteiger partial charge in [-0.15, -0.1) is 0 Å². The van der Waals surface area contributed by atoms with Gasteiger partial charge in [-0.05, 0) is 49.9 Å². The summed E-state index contributed by atoms with van der Waals surface area (Å²) >= 11 is 0. The fourth-order valence-electron chi connectivity index (χ4n) is 2.45. The molecule has 8 heteroatoms. The zero-order valence-electron chi connectivity index (χ0n) is 15.9. The monoisotopic (exact) mass is 370 g/mol. The topological polar surface area (TPSA) is 108 Å². The van der Waals surface area contributed by atoms with Gasteiger partial charge in [-0.1, -0.05) is 19.1 Å². The normalized spacial score (nSPS) is 11.4. The maximum absolute atomic E-state index is 12.1. The van der Waals surface area contributed by atoms with Gasteiger partial charge < -0.3 is 10.6 Å². The van der Waals surface area contributed by atoms with E-state index in [1.54, 1.807) is 12.4 Å². The second kappa shape index (κ2) is 10.1. The van der Waals surface area contributed by atoms with Gasteiger partial charge in [-0.3, -0.25) is 10.6 Å². The molecule has 144 valence electrons. The number of aryl methyl sites for hydroxylation is 2. The van der Waals surface area contributed by atoms with Crippen molar-refractivity contribution in [2.45, 2.75) is 39.7 Å². The minimum atomic E-state index is -0.319. The number of anilines is 2. The highest BCUT2D eigenvalue weighted by molar-refractivity contribution is 5.89. The van der Waals surface area contributed by atoms with Gasteiger partial charge in [0.25, 0.3) is 0 Å². The molecule has 0 radical (unpaired) electrons. The minimum Gasteiger partial charge on any atom is -0.338 e.